The van der Waals surface area contributed by atoms with Crippen LogP contribution in [0, 0.1) is 22.7 Å². The molecule has 0 N–H and O–H groups in total. The van der Waals surface area contributed by atoms with Crippen molar-refractivity contribution in [1.29, 1.82) is 10.5 Å². The number of para-hydroxylation sites is 4. The summed E-state index contributed by atoms with van der Waals surface area (Å²) in [4.78, 5) is 4.64. The molecule has 12 aromatic carbocycles. The maximum absolute atomic E-state index is 10.3. The van der Waals surface area contributed by atoms with Crippen molar-refractivity contribution in [3.8, 4) is 34.4 Å². The summed E-state index contributed by atoms with van der Waals surface area (Å²) in [5, 5.41) is 31.2. The van der Waals surface area contributed by atoms with Crippen molar-refractivity contribution in [2.75, 3.05) is 9.80 Å². The zero-order valence-electron chi connectivity index (χ0n) is 38.5. The fraction of sp³-hybridized carbons (Fsp3) is 0. The lowest BCUT2D eigenvalue weighted by atomic mass is 9.91. The number of anilines is 6. The van der Waals surface area contributed by atoms with Gasteiger partial charge in [-0.3, -0.25) is 0 Å². The molecule has 2 heterocycles. The van der Waals surface area contributed by atoms with E-state index in [0.29, 0.717) is 11.1 Å². The second-order valence-electron chi connectivity index (χ2n) is 18.2. The summed E-state index contributed by atoms with van der Waals surface area (Å²) < 4.78 is 13.7. The van der Waals surface area contributed by atoms with Crippen molar-refractivity contribution in [2.45, 2.75) is 0 Å². The molecule has 0 spiro atoms. The molecule has 14 aromatic rings. The molecule has 14 rings (SSSR count). The van der Waals surface area contributed by atoms with Gasteiger partial charge >= 0.3 is 0 Å². The predicted octanol–water partition coefficient (Wildman–Crippen LogP) is 18.4. The van der Waals surface area contributed by atoms with Crippen molar-refractivity contribution in [3.63, 3.8) is 0 Å². The van der Waals surface area contributed by atoms with Gasteiger partial charge in [0.2, 0.25) is 0 Å². The molecule has 0 amide bonds. The van der Waals surface area contributed by atoms with Crippen molar-refractivity contribution in [2.24, 2.45) is 0 Å². The summed E-state index contributed by atoms with van der Waals surface area (Å²) in [6.45, 7) is 0. The van der Waals surface area contributed by atoms with Crippen LogP contribution in [0.5, 0.6) is 0 Å². The molecule has 0 aliphatic heterocycles. The average Bonchev–Trinajstić information content (AvgIpc) is 4.03. The highest BCUT2D eigenvalue weighted by Crippen LogP contribution is 2.52. The molecule has 0 aliphatic carbocycles. The van der Waals surface area contributed by atoms with Gasteiger partial charge in [-0.1, -0.05) is 158 Å². The summed E-state index contributed by atoms with van der Waals surface area (Å²) >= 11 is 0. The molecule has 0 saturated carbocycles. The summed E-state index contributed by atoms with van der Waals surface area (Å²) in [5.74, 6) is 0. The van der Waals surface area contributed by atoms with Gasteiger partial charge in [0, 0.05) is 43.4 Å². The number of benzene rings is 12. The SMILES string of the molecule is N#Cc1ccc(N(c2ccc3ccc4c(N(c5ccc(C#N)cc5-c5ccccc5)c5cccc6c5oc5ccccc56)ccc5ccc2c3c54)c2cccc3c2oc2ccccc23)c(-c2ccccc2)c1. The first-order valence-electron chi connectivity index (χ1n) is 23.9. The molecule has 334 valence electrons. The largest absolute Gasteiger partial charge is 0.454 e. The molecule has 0 unspecified atom stereocenters. The number of rotatable bonds is 8. The lowest BCUT2D eigenvalue weighted by Crippen LogP contribution is -2.13. The highest BCUT2D eigenvalue weighted by Gasteiger charge is 2.28. The van der Waals surface area contributed by atoms with Gasteiger partial charge in [0.1, 0.15) is 11.2 Å². The van der Waals surface area contributed by atoms with Crippen molar-refractivity contribution in [3.05, 3.63) is 242 Å². The van der Waals surface area contributed by atoms with Crippen LogP contribution in [0.4, 0.5) is 34.1 Å². The minimum atomic E-state index is 0.572. The summed E-state index contributed by atoms with van der Waals surface area (Å²) in [7, 11) is 0. The van der Waals surface area contributed by atoms with Crippen LogP contribution in [-0.2, 0) is 0 Å². The lowest BCUT2D eigenvalue weighted by molar-refractivity contribution is 0.669. The normalized spacial score (nSPS) is 11.6. The monoisotopic (exact) mass is 918 g/mol. The van der Waals surface area contributed by atoms with E-state index in [4.69, 9.17) is 8.83 Å². The molecule has 0 saturated heterocycles. The molecule has 2 aromatic heterocycles. The van der Waals surface area contributed by atoms with Crippen LogP contribution >= 0.6 is 0 Å². The fourth-order valence-corrected chi connectivity index (χ4v) is 11.1. The van der Waals surface area contributed by atoms with Gasteiger partial charge in [0.05, 0.1) is 57.4 Å². The van der Waals surface area contributed by atoms with Crippen LogP contribution in [0.2, 0.25) is 0 Å². The zero-order chi connectivity index (χ0) is 47.9. The van der Waals surface area contributed by atoms with E-state index in [-0.39, 0.29) is 0 Å². The smallest absolute Gasteiger partial charge is 0.159 e. The Balaban J connectivity index is 1.07. The Kier molecular flexibility index (Phi) is 9.23. The molecule has 0 fully saturated rings. The van der Waals surface area contributed by atoms with Crippen LogP contribution in [0.15, 0.2) is 239 Å². The maximum atomic E-state index is 10.3. The van der Waals surface area contributed by atoms with E-state index in [1.165, 1.54) is 0 Å². The highest BCUT2D eigenvalue weighted by atomic mass is 16.3. The van der Waals surface area contributed by atoms with E-state index in [0.717, 1.165) is 133 Å². The van der Waals surface area contributed by atoms with Crippen molar-refractivity contribution >= 4 is 110 Å². The van der Waals surface area contributed by atoms with E-state index in [1.807, 2.05) is 97.1 Å². The maximum Gasteiger partial charge on any atom is 0.159 e. The second kappa shape index (κ2) is 16.2. The standard InChI is InChI=1S/C66H38N4O2/c67-39-41-25-33-57(53(37-41)43-13-3-1-4-14-43)69(59-21-11-19-49-47-17-7-9-23-61(47)71-65(49)59)55-35-29-45-28-32-52-56(36-30-46-27-31-51(55)63(45)64(46)52)70(58-34-26-42(40-68)38-54(58)44-15-5-2-6-16-44)60-22-12-20-50-48-18-8-10-24-62(48)72-66(50)60/h1-38H. The Labute approximate surface area is 413 Å². The van der Waals surface area contributed by atoms with Gasteiger partial charge in [-0.2, -0.15) is 10.5 Å². The fourth-order valence-electron chi connectivity index (χ4n) is 11.1. The Hall–Kier alpha value is -10.1. The Morgan fingerprint density at radius 2 is 0.694 bits per heavy atom. The Morgan fingerprint density at radius 3 is 1.14 bits per heavy atom. The van der Waals surface area contributed by atoms with E-state index in [1.54, 1.807) is 0 Å². The average molecular weight is 919 g/mol. The first-order valence-corrected chi connectivity index (χ1v) is 23.9. The summed E-state index contributed by atoms with van der Waals surface area (Å²) in [5.41, 5.74) is 13.6. The molecule has 0 bridgehead atoms. The predicted molar refractivity (Wildman–Crippen MR) is 294 cm³/mol. The minimum absolute atomic E-state index is 0.572. The van der Waals surface area contributed by atoms with Gasteiger partial charge < -0.3 is 18.6 Å². The topological polar surface area (TPSA) is 80.3 Å². The Bertz CT molecular complexity index is 4270. The molecule has 0 aliphatic rings. The molecule has 6 nitrogen and oxygen atoms in total. The molecular formula is C66H38N4O2. The molecular weight excluding hydrogens is 881 g/mol. The zero-order valence-corrected chi connectivity index (χ0v) is 38.5. The third-order valence-electron chi connectivity index (χ3n) is 14.3. The number of nitrogens with zero attached hydrogens (tertiary/aromatic N) is 4. The molecule has 0 radical (unpaired) electrons. The number of fused-ring (bicyclic) bond motifs is 6. The molecule has 0 atom stereocenters. The molecule has 6 heteroatoms. The second-order valence-corrected chi connectivity index (χ2v) is 18.2. The quantitative estimate of drug-likeness (QED) is 0.141. The third-order valence-corrected chi connectivity index (χ3v) is 14.3. The minimum Gasteiger partial charge on any atom is -0.454 e. The van der Waals surface area contributed by atoms with Crippen LogP contribution in [0.1, 0.15) is 11.1 Å². The first kappa shape index (κ1) is 40.9. The van der Waals surface area contributed by atoms with Gasteiger partial charge in [-0.25, -0.2) is 0 Å². The third kappa shape index (κ3) is 6.27. The van der Waals surface area contributed by atoms with Crippen LogP contribution < -0.4 is 9.80 Å². The van der Waals surface area contributed by atoms with Gasteiger partial charge in [-0.15, -0.1) is 0 Å². The van der Waals surface area contributed by atoms with Gasteiger partial charge in [0.25, 0.3) is 0 Å². The van der Waals surface area contributed by atoms with E-state index in [9.17, 15) is 10.5 Å². The van der Waals surface area contributed by atoms with E-state index < -0.39 is 0 Å². The number of hydrogen-bond acceptors (Lipinski definition) is 6. The number of furan rings is 2. The summed E-state index contributed by atoms with van der Waals surface area (Å²) in [6, 6.07) is 84.2. The lowest BCUT2D eigenvalue weighted by Gasteiger charge is -2.31. The number of nitriles is 2. The van der Waals surface area contributed by atoms with Crippen LogP contribution in [0.3, 0.4) is 0 Å². The number of hydrogen-bond donors (Lipinski definition) is 0. The summed E-state index contributed by atoms with van der Waals surface area (Å²) in [6.07, 6.45) is 0. The highest BCUT2D eigenvalue weighted by molar-refractivity contribution is 6.29. The van der Waals surface area contributed by atoms with Crippen LogP contribution in [0.25, 0.3) is 98.4 Å². The Morgan fingerprint density at radius 1 is 0.306 bits per heavy atom. The first-order chi connectivity index (χ1) is 35.6. The van der Waals surface area contributed by atoms with Crippen molar-refractivity contribution in [1.82, 2.24) is 0 Å². The van der Waals surface area contributed by atoms with E-state index in [2.05, 4.69) is 155 Å². The van der Waals surface area contributed by atoms with Gasteiger partial charge in [0.15, 0.2) is 11.2 Å². The van der Waals surface area contributed by atoms with Crippen molar-refractivity contribution < 1.29 is 8.83 Å². The van der Waals surface area contributed by atoms with Gasteiger partial charge in [-0.05, 0) is 105 Å². The van der Waals surface area contributed by atoms with E-state index >= 15 is 0 Å². The molecule has 72 heavy (non-hydrogen) atoms. The van der Waals surface area contributed by atoms with Crippen LogP contribution in [-0.4, -0.2) is 0 Å².